The predicted octanol–water partition coefficient (Wildman–Crippen LogP) is 2.28. The second-order valence-electron chi connectivity index (χ2n) is 8.99. The van der Waals surface area contributed by atoms with Crippen molar-refractivity contribution < 1.29 is 19.8 Å². The lowest BCUT2D eigenvalue weighted by atomic mass is 9.44. The van der Waals surface area contributed by atoms with Gasteiger partial charge in [-0.25, -0.2) is 0 Å². The molecule has 0 amide bonds. The van der Waals surface area contributed by atoms with E-state index < -0.39 is 6.10 Å². The van der Waals surface area contributed by atoms with E-state index in [1.54, 1.807) is 6.08 Å². The second kappa shape index (κ2) is 5.25. The Morgan fingerprint density at radius 2 is 1.92 bits per heavy atom. The molecule has 2 N–H and O–H groups in total. The summed E-state index contributed by atoms with van der Waals surface area (Å²) >= 11 is 0. The summed E-state index contributed by atoms with van der Waals surface area (Å²) in [6.07, 6.45) is 5.64. The van der Waals surface area contributed by atoms with Gasteiger partial charge in [0.05, 0.1) is 12.7 Å². The van der Waals surface area contributed by atoms with E-state index in [2.05, 4.69) is 13.8 Å². The van der Waals surface area contributed by atoms with Crippen molar-refractivity contribution in [1.82, 2.24) is 0 Å². The largest absolute Gasteiger partial charge is 0.393 e. The van der Waals surface area contributed by atoms with Crippen LogP contribution in [0.3, 0.4) is 0 Å². The van der Waals surface area contributed by atoms with Crippen molar-refractivity contribution in [2.75, 3.05) is 6.61 Å². The summed E-state index contributed by atoms with van der Waals surface area (Å²) in [6.45, 7) is 4.15. The zero-order chi connectivity index (χ0) is 17.3. The van der Waals surface area contributed by atoms with Crippen molar-refractivity contribution in [2.24, 2.45) is 34.5 Å². The highest BCUT2D eigenvalue weighted by Crippen LogP contribution is 2.65. The molecule has 4 heteroatoms. The number of aliphatic hydroxyl groups excluding tert-OH is 2. The summed E-state index contributed by atoms with van der Waals surface area (Å²) in [7, 11) is 0. The normalized spacial score (nSPS) is 50.8. The standard InChI is InChI=1S/C20H28O4/c1-19-6-5-15-13(14(19)3-4-18(19)24)9-17(23)16-8-12(22)7-11(10-21)20(15,16)2/h7,13-17,21,23H,3-6,8-10H2,1-2H3/t13-,14-,15-,16-,17-,19-,20+/m0/s1. The van der Waals surface area contributed by atoms with Gasteiger partial charge in [0.1, 0.15) is 5.78 Å². The molecule has 7 atom stereocenters. The van der Waals surface area contributed by atoms with Gasteiger partial charge in [0.25, 0.3) is 0 Å². The number of carbonyl (C=O) groups excluding carboxylic acids is 2. The van der Waals surface area contributed by atoms with Crippen LogP contribution in [0.1, 0.15) is 52.4 Å². The number of carbonyl (C=O) groups is 2. The Kier molecular flexibility index (Phi) is 3.60. The van der Waals surface area contributed by atoms with Gasteiger partial charge in [-0.05, 0) is 60.5 Å². The average Bonchev–Trinajstić information content (AvgIpc) is 2.84. The second-order valence-corrected chi connectivity index (χ2v) is 8.99. The Bertz CT molecular complexity index is 623. The molecule has 4 nitrogen and oxygen atoms in total. The van der Waals surface area contributed by atoms with Crippen LogP contribution in [-0.2, 0) is 9.59 Å². The number of aliphatic hydroxyl groups is 2. The Morgan fingerprint density at radius 3 is 2.62 bits per heavy atom. The molecule has 24 heavy (non-hydrogen) atoms. The maximum atomic E-state index is 12.5. The number of hydrogen-bond acceptors (Lipinski definition) is 4. The van der Waals surface area contributed by atoms with E-state index in [0.29, 0.717) is 42.8 Å². The number of ketones is 2. The Morgan fingerprint density at radius 1 is 1.17 bits per heavy atom. The van der Waals surface area contributed by atoms with Gasteiger partial charge in [-0.2, -0.15) is 0 Å². The van der Waals surface area contributed by atoms with E-state index in [1.807, 2.05) is 0 Å². The molecular formula is C20H28O4. The maximum absolute atomic E-state index is 12.5. The van der Waals surface area contributed by atoms with E-state index in [4.69, 9.17) is 0 Å². The van der Waals surface area contributed by atoms with Gasteiger partial charge in [0, 0.05) is 24.2 Å². The first kappa shape index (κ1) is 16.5. The van der Waals surface area contributed by atoms with Crippen molar-refractivity contribution >= 4 is 11.6 Å². The highest BCUT2D eigenvalue weighted by molar-refractivity contribution is 5.92. The van der Waals surface area contributed by atoms with Crippen LogP contribution in [0.2, 0.25) is 0 Å². The first-order valence-electron chi connectivity index (χ1n) is 9.38. The molecule has 0 aromatic heterocycles. The summed E-state index contributed by atoms with van der Waals surface area (Å²) in [5, 5.41) is 20.8. The third-order valence-corrected chi connectivity index (χ3v) is 8.28. The minimum atomic E-state index is -0.520. The van der Waals surface area contributed by atoms with Crippen LogP contribution in [-0.4, -0.2) is 34.5 Å². The molecule has 0 aliphatic heterocycles. The minimum absolute atomic E-state index is 0.0238. The van der Waals surface area contributed by atoms with E-state index in [-0.39, 0.29) is 29.1 Å². The lowest BCUT2D eigenvalue weighted by Gasteiger charge is -2.60. The Balaban J connectivity index is 1.78. The molecule has 3 saturated carbocycles. The SMILES string of the molecule is C[C@]12C(CO)=CC(=O)C[C@H]1[C@@H](O)C[C@@H]1[C@@H]2CC[C@]2(C)C(=O)CC[C@@H]12. The van der Waals surface area contributed by atoms with Gasteiger partial charge in [-0.1, -0.05) is 13.8 Å². The molecule has 0 spiro atoms. The molecule has 4 aliphatic carbocycles. The van der Waals surface area contributed by atoms with E-state index >= 15 is 0 Å². The molecule has 4 rings (SSSR count). The number of hydrogen-bond donors (Lipinski definition) is 2. The van der Waals surface area contributed by atoms with Crippen molar-refractivity contribution in [1.29, 1.82) is 0 Å². The highest BCUT2D eigenvalue weighted by atomic mass is 16.3. The molecule has 0 aromatic carbocycles. The van der Waals surface area contributed by atoms with Crippen molar-refractivity contribution in [2.45, 2.75) is 58.5 Å². The third kappa shape index (κ3) is 1.93. The fourth-order valence-corrected chi connectivity index (χ4v) is 6.92. The summed E-state index contributed by atoms with van der Waals surface area (Å²) < 4.78 is 0. The topological polar surface area (TPSA) is 74.6 Å². The van der Waals surface area contributed by atoms with Gasteiger partial charge >= 0.3 is 0 Å². The van der Waals surface area contributed by atoms with Gasteiger partial charge in [0.15, 0.2) is 5.78 Å². The summed E-state index contributed by atoms with van der Waals surface area (Å²) in [5.41, 5.74) is 0.251. The molecule has 0 radical (unpaired) electrons. The van der Waals surface area contributed by atoms with Crippen LogP contribution in [0, 0.1) is 34.5 Å². The molecule has 0 bridgehead atoms. The molecule has 0 unspecified atom stereocenters. The Labute approximate surface area is 143 Å². The zero-order valence-corrected chi connectivity index (χ0v) is 14.6. The van der Waals surface area contributed by atoms with E-state index in [0.717, 1.165) is 24.8 Å². The number of allylic oxidation sites excluding steroid dienone is 1. The first-order chi connectivity index (χ1) is 11.3. The fourth-order valence-electron chi connectivity index (χ4n) is 6.92. The van der Waals surface area contributed by atoms with Gasteiger partial charge in [-0.3, -0.25) is 9.59 Å². The van der Waals surface area contributed by atoms with Crippen LogP contribution in [0.5, 0.6) is 0 Å². The predicted molar refractivity (Wildman–Crippen MR) is 89.1 cm³/mol. The molecule has 3 fully saturated rings. The lowest BCUT2D eigenvalue weighted by Crippen LogP contribution is -2.58. The van der Waals surface area contributed by atoms with Gasteiger partial charge < -0.3 is 10.2 Å². The van der Waals surface area contributed by atoms with Crippen molar-refractivity contribution in [3.05, 3.63) is 11.6 Å². The fraction of sp³-hybridized carbons (Fsp3) is 0.800. The zero-order valence-electron chi connectivity index (χ0n) is 14.6. The van der Waals surface area contributed by atoms with Gasteiger partial charge in [-0.15, -0.1) is 0 Å². The molecule has 132 valence electrons. The summed E-state index contributed by atoms with van der Waals surface area (Å²) in [5.74, 6) is 1.32. The van der Waals surface area contributed by atoms with Crippen LogP contribution < -0.4 is 0 Å². The number of fused-ring (bicyclic) bond motifs is 5. The molecular weight excluding hydrogens is 304 g/mol. The summed E-state index contributed by atoms with van der Waals surface area (Å²) in [4.78, 5) is 24.5. The number of rotatable bonds is 1. The molecule has 0 heterocycles. The third-order valence-electron chi connectivity index (χ3n) is 8.28. The van der Waals surface area contributed by atoms with Gasteiger partial charge in [0.2, 0.25) is 0 Å². The maximum Gasteiger partial charge on any atom is 0.156 e. The molecule has 0 aromatic rings. The lowest BCUT2D eigenvalue weighted by molar-refractivity contribution is -0.150. The van der Waals surface area contributed by atoms with Crippen LogP contribution >= 0.6 is 0 Å². The minimum Gasteiger partial charge on any atom is -0.393 e. The summed E-state index contributed by atoms with van der Waals surface area (Å²) in [6, 6.07) is 0. The monoisotopic (exact) mass is 332 g/mol. The first-order valence-corrected chi connectivity index (χ1v) is 9.38. The average molecular weight is 332 g/mol. The quantitative estimate of drug-likeness (QED) is 0.772. The van der Waals surface area contributed by atoms with E-state index in [9.17, 15) is 19.8 Å². The van der Waals surface area contributed by atoms with Crippen LogP contribution in [0.25, 0.3) is 0 Å². The van der Waals surface area contributed by atoms with E-state index in [1.165, 1.54) is 0 Å². The molecule has 4 aliphatic rings. The smallest absolute Gasteiger partial charge is 0.156 e. The van der Waals surface area contributed by atoms with Crippen LogP contribution in [0.15, 0.2) is 11.6 Å². The number of Topliss-reactive ketones (excluding diaryl/α,β-unsaturated/α-hetero) is 1. The highest BCUT2D eigenvalue weighted by Gasteiger charge is 2.62. The van der Waals surface area contributed by atoms with Crippen LogP contribution in [0.4, 0.5) is 0 Å². The molecule has 0 saturated heterocycles. The van der Waals surface area contributed by atoms with Crippen molar-refractivity contribution in [3.8, 4) is 0 Å². The Hall–Kier alpha value is -1.00. The van der Waals surface area contributed by atoms with Crippen molar-refractivity contribution in [3.63, 3.8) is 0 Å².